The quantitative estimate of drug-likeness (QED) is 0.405. The number of para-hydroxylation sites is 1. The molecule has 0 aliphatic heterocycles. The molecule has 1 nitrogen and oxygen atoms in total. The normalized spacial score (nSPS) is 11.2. The average molecular weight is 343 g/mol. The Bertz CT molecular complexity index is 1020. The average Bonchev–Trinajstić information content (AvgIpc) is 2.90. The molecule has 0 aliphatic rings. The fraction of sp³-hybridized carbons (Fsp3) is 0.130. The maximum atomic E-state index is 2.32. The molecule has 0 fully saturated rings. The first-order chi connectivity index (χ1) is 12.1. The van der Waals surface area contributed by atoms with E-state index < -0.39 is 0 Å². The van der Waals surface area contributed by atoms with Gasteiger partial charge in [-0.3, -0.25) is 0 Å². The van der Waals surface area contributed by atoms with E-state index in [2.05, 4.69) is 98.3 Å². The summed E-state index contributed by atoms with van der Waals surface area (Å²) in [6.07, 6.45) is 0. The van der Waals surface area contributed by atoms with Crippen LogP contribution >= 0.6 is 11.8 Å². The summed E-state index contributed by atoms with van der Waals surface area (Å²) in [6, 6.07) is 26.3. The van der Waals surface area contributed by atoms with Gasteiger partial charge in [0.05, 0.1) is 5.69 Å². The molecule has 0 bridgehead atoms. The van der Waals surface area contributed by atoms with Crippen molar-refractivity contribution in [1.29, 1.82) is 0 Å². The van der Waals surface area contributed by atoms with Crippen molar-refractivity contribution in [3.63, 3.8) is 0 Å². The Labute approximate surface area is 153 Å². The second kappa shape index (κ2) is 6.45. The van der Waals surface area contributed by atoms with E-state index in [1.807, 2.05) is 11.8 Å². The molecule has 3 aromatic carbocycles. The molecule has 1 aromatic heterocycles. The number of nitrogens with zero attached hydrogens (tertiary/aromatic N) is 1. The van der Waals surface area contributed by atoms with Crippen LogP contribution in [0, 0.1) is 13.8 Å². The van der Waals surface area contributed by atoms with Crippen LogP contribution < -0.4 is 0 Å². The molecule has 0 saturated heterocycles. The third-order valence-corrected chi connectivity index (χ3v) is 5.75. The molecule has 124 valence electrons. The van der Waals surface area contributed by atoms with Gasteiger partial charge >= 0.3 is 0 Å². The first-order valence-electron chi connectivity index (χ1n) is 8.52. The molecule has 0 amide bonds. The van der Waals surface area contributed by atoms with Crippen LogP contribution in [0.4, 0.5) is 0 Å². The molecule has 0 unspecified atom stereocenters. The van der Waals surface area contributed by atoms with E-state index in [1.54, 1.807) is 0 Å². The van der Waals surface area contributed by atoms with E-state index in [4.69, 9.17) is 0 Å². The minimum absolute atomic E-state index is 1.26. The number of aromatic nitrogens is 1. The van der Waals surface area contributed by atoms with Crippen molar-refractivity contribution < 1.29 is 0 Å². The summed E-state index contributed by atoms with van der Waals surface area (Å²) in [7, 11) is 2.16. The molecule has 0 radical (unpaired) electrons. The Kier molecular flexibility index (Phi) is 4.14. The maximum absolute atomic E-state index is 2.32. The zero-order valence-corrected chi connectivity index (χ0v) is 15.6. The van der Waals surface area contributed by atoms with Crippen molar-refractivity contribution in [2.24, 2.45) is 7.05 Å². The molecule has 25 heavy (non-hydrogen) atoms. The number of hydrogen-bond acceptors (Lipinski definition) is 1. The first kappa shape index (κ1) is 16.0. The number of aryl methyl sites for hydroxylation is 3. The van der Waals surface area contributed by atoms with Gasteiger partial charge < -0.3 is 4.57 Å². The minimum atomic E-state index is 1.26. The highest BCUT2D eigenvalue weighted by Gasteiger charge is 2.17. The number of fused-ring (bicyclic) bond motifs is 1. The van der Waals surface area contributed by atoms with Gasteiger partial charge in [-0.15, -0.1) is 0 Å². The lowest BCUT2D eigenvalue weighted by molar-refractivity contribution is 0.968. The summed E-state index contributed by atoms with van der Waals surface area (Å²) < 4.78 is 2.32. The Balaban J connectivity index is 1.92. The third-order valence-electron chi connectivity index (χ3n) is 4.63. The molecule has 1 heterocycles. The van der Waals surface area contributed by atoms with Crippen LogP contribution in [0.25, 0.3) is 22.2 Å². The minimum Gasteiger partial charge on any atom is -0.343 e. The van der Waals surface area contributed by atoms with E-state index in [-0.39, 0.29) is 0 Å². The molecule has 2 heteroatoms. The number of rotatable bonds is 3. The van der Waals surface area contributed by atoms with Crippen LogP contribution in [-0.2, 0) is 7.05 Å². The molecule has 4 rings (SSSR count). The monoisotopic (exact) mass is 343 g/mol. The van der Waals surface area contributed by atoms with E-state index in [1.165, 1.54) is 43.1 Å². The third kappa shape index (κ3) is 2.98. The summed E-state index contributed by atoms with van der Waals surface area (Å²) in [5, 5.41) is 1.31. The summed E-state index contributed by atoms with van der Waals surface area (Å²) >= 11 is 1.85. The lowest BCUT2D eigenvalue weighted by Crippen LogP contribution is -1.92. The Morgan fingerprint density at radius 1 is 0.720 bits per heavy atom. The Hall–Kier alpha value is -2.45. The van der Waals surface area contributed by atoms with Gasteiger partial charge in [0.15, 0.2) is 0 Å². The lowest BCUT2D eigenvalue weighted by Gasteiger charge is -2.09. The fourth-order valence-corrected chi connectivity index (χ4v) is 4.36. The van der Waals surface area contributed by atoms with Gasteiger partial charge in [-0.05, 0) is 37.6 Å². The highest BCUT2D eigenvalue weighted by molar-refractivity contribution is 7.99. The number of benzene rings is 3. The SMILES string of the molecule is Cc1ccc(Sc2c(-c3ccc(C)cc3)n(C)c3ccccc23)cc1. The van der Waals surface area contributed by atoms with Crippen LogP contribution in [0.5, 0.6) is 0 Å². The summed E-state index contributed by atoms with van der Waals surface area (Å²) in [5.74, 6) is 0. The standard InChI is InChI=1S/C23H21NS/c1-16-8-12-18(13-9-16)22-23(25-19-14-10-17(2)11-15-19)20-6-4-5-7-21(20)24(22)3/h4-15H,1-3H3. The van der Waals surface area contributed by atoms with E-state index >= 15 is 0 Å². The summed E-state index contributed by atoms with van der Waals surface area (Å²) in [5.41, 5.74) is 6.40. The highest BCUT2D eigenvalue weighted by Crippen LogP contribution is 2.42. The molecular weight excluding hydrogens is 322 g/mol. The van der Waals surface area contributed by atoms with Crippen molar-refractivity contribution in [3.05, 3.63) is 83.9 Å². The van der Waals surface area contributed by atoms with E-state index in [0.29, 0.717) is 0 Å². The Morgan fingerprint density at radius 2 is 1.32 bits per heavy atom. The van der Waals surface area contributed by atoms with Crippen molar-refractivity contribution in [2.45, 2.75) is 23.6 Å². The van der Waals surface area contributed by atoms with Crippen LogP contribution in [0.15, 0.2) is 82.6 Å². The van der Waals surface area contributed by atoms with Gasteiger partial charge in [-0.25, -0.2) is 0 Å². The highest BCUT2D eigenvalue weighted by atomic mass is 32.2. The molecule has 0 spiro atoms. The number of hydrogen-bond donors (Lipinski definition) is 0. The van der Waals surface area contributed by atoms with E-state index in [9.17, 15) is 0 Å². The van der Waals surface area contributed by atoms with Gasteiger partial charge in [0.1, 0.15) is 0 Å². The van der Waals surface area contributed by atoms with Crippen molar-refractivity contribution >= 4 is 22.7 Å². The second-order valence-corrected chi connectivity index (χ2v) is 7.62. The lowest BCUT2D eigenvalue weighted by atomic mass is 10.1. The molecule has 0 N–H and O–H groups in total. The first-order valence-corrected chi connectivity index (χ1v) is 9.34. The van der Waals surface area contributed by atoms with Gasteiger partial charge in [-0.2, -0.15) is 0 Å². The molecule has 0 atom stereocenters. The zero-order valence-electron chi connectivity index (χ0n) is 14.8. The molecule has 0 aliphatic carbocycles. The van der Waals surface area contributed by atoms with Crippen molar-refractivity contribution in [3.8, 4) is 11.3 Å². The summed E-state index contributed by atoms with van der Waals surface area (Å²) in [6.45, 7) is 4.26. The topological polar surface area (TPSA) is 4.93 Å². The van der Waals surface area contributed by atoms with Crippen LogP contribution in [0.1, 0.15) is 11.1 Å². The largest absolute Gasteiger partial charge is 0.343 e. The van der Waals surface area contributed by atoms with Crippen LogP contribution in [-0.4, -0.2) is 4.57 Å². The van der Waals surface area contributed by atoms with Crippen molar-refractivity contribution in [2.75, 3.05) is 0 Å². The molecule has 4 aromatic rings. The molecular formula is C23H21NS. The van der Waals surface area contributed by atoms with Gasteiger partial charge in [0.25, 0.3) is 0 Å². The van der Waals surface area contributed by atoms with Crippen molar-refractivity contribution in [1.82, 2.24) is 4.57 Å². The van der Waals surface area contributed by atoms with Gasteiger partial charge in [0, 0.05) is 27.7 Å². The predicted molar refractivity (Wildman–Crippen MR) is 108 cm³/mol. The van der Waals surface area contributed by atoms with Crippen LogP contribution in [0.3, 0.4) is 0 Å². The summed E-state index contributed by atoms with van der Waals surface area (Å²) in [4.78, 5) is 2.60. The van der Waals surface area contributed by atoms with Gasteiger partial charge in [-0.1, -0.05) is 77.5 Å². The van der Waals surface area contributed by atoms with Gasteiger partial charge in [0.2, 0.25) is 0 Å². The second-order valence-electron chi connectivity index (χ2n) is 6.54. The zero-order chi connectivity index (χ0) is 17.4. The van der Waals surface area contributed by atoms with E-state index in [0.717, 1.165) is 0 Å². The fourth-order valence-electron chi connectivity index (χ4n) is 3.22. The molecule has 0 saturated carbocycles. The smallest absolute Gasteiger partial charge is 0.0630 e. The van der Waals surface area contributed by atoms with Crippen LogP contribution in [0.2, 0.25) is 0 Å². The predicted octanol–water partition coefficient (Wildman–Crippen LogP) is 6.61. The Morgan fingerprint density at radius 3 is 2.00 bits per heavy atom. The maximum Gasteiger partial charge on any atom is 0.0630 e.